The van der Waals surface area contributed by atoms with Gasteiger partial charge in [-0.15, -0.1) is 0 Å². The first-order chi connectivity index (χ1) is 11.5. The van der Waals surface area contributed by atoms with E-state index in [2.05, 4.69) is 35.9 Å². The van der Waals surface area contributed by atoms with Gasteiger partial charge in [0.15, 0.2) is 0 Å². The average molecular weight is 327 g/mol. The number of ether oxygens (including phenoxy) is 1. The second-order valence-electron chi connectivity index (χ2n) is 6.30. The van der Waals surface area contributed by atoms with Gasteiger partial charge in [0.2, 0.25) is 0 Å². The van der Waals surface area contributed by atoms with Gasteiger partial charge in [-0.25, -0.2) is 4.79 Å². The Bertz CT molecular complexity index is 751. The van der Waals surface area contributed by atoms with Crippen molar-refractivity contribution in [2.24, 2.45) is 0 Å². The van der Waals surface area contributed by atoms with Crippen LogP contribution in [0.15, 0.2) is 30.3 Å². The van der Waals surface area contributed by atoms with Crippen molar-refractivity contribution in [1.29, 1.82) is 0 Å². The van der Waals surface area contributed by atoms with Crippen molar-refractivity contribution in [1.82, 2.24) is 9.47 Å². The van der Waals surface area contributed by atoms with Gasteiger partial charge in [-0.2, -0.15) is 0 Å². The number of methoxy groups -OCH3 is 1. The maximum Gasteiger partial charge on any atom is 0.322 e. The normalized spacial score (nSPS) is 16.7. The van der Waals surface area contributed by atoms with E-state index in [9.17, 15) is 4.79 Å². The van der Waals surface area contributed by atoms with E-state index in [1.165, 1.54) is 11.4 Å². The number of fused-ring (bicyclic) bond motifs is 1. The SMILES string of the molecule is CC[C@@H]1c2ccc(C)n2CCN1C(=O)Nc1cc(C)ccc1OC. The van der Waals surface area contributed by atoms with Gasteiger partial charge in [0.1, 0.15) is 5.75 Å². The third-order valence-electron chi connectivity index (χ3n) is 4.76. The lowest BCUT2D eigenvalue weighted by molar-refractivity contribution is 0.165. The number of rotatable bonds is 3. The number of carbonyl (C=O) groups excluding carboxylic acids is 1. The van der Waals surface area contributed by atoms with Gasteiger partial charge < -0.3 is 19.5 Å². The van der Waals surface area contributed by atoms with Crippen LogP contribution < -0.4 is 10.1 Å². The lowest BCUT2D eigenvalue weighted by Gasteiger charge is -2.37. The first-order valence-corrected chi connectivity index (χ1v) is 8.43. The van der Waals surface area contributed by atoms with Gasteiger partial charge >= 0.3 is 6.03 Å². The summed E-state index contributed by atoms with van der Waals surface area (Å²) in [6, 6.07) is 10.1. The third kappa shape index (κ3) is 2.86. The van der Waals surface area contributed by atoms with Crippen LogP contribution in [0.5, 0.6) is 5.75 Å². The molecule has 1 aliphatic heterocycles. The predicted octanol–water partition coefficient (Wildman–Crippen LogP) is 4.11. The third-order valence-corrected chi connectivity index (χ3v) is 4.76. The zero-order valence-corrected chi connectivity index (χ0v) is 14.8. The van der Waals surface area contributed by atoms with Crippen molar-refractivity contribution in [3.8, 4) is 5.75 Å². The Balaban J connectivity index is 1.84. The number of anilines is 1. The summed E-state index contributed by atoms with van der Waals surface area (Å²) in [5.41, 5.74) is 4.27. The van der Waals surface area contributed by atoms with Gasteiger partial charge in [0.05, 0.1) is 18.8 Å². The molecule has 0 unspecified atom stereocenters. The largest absolute Gasteiger partial charge is 0.495 e. The molecular formula is C19H25N3O2. The predicted molar refractivity (Wildman–Crippen MR) is 95.7 cm³/mol. The molecule has 0 fully saturated rings. The number of urea groups is 1. The zero-order valence-electron chi connectivity index (χ0n) is 14.8. The van der Waals surface area contributed by atoms with Gasteiger partial charge in [0, 0.05) is 24.5 Å². The van der Waals surface area contributed by atoms with Crippen molar-refractivity contribution in [2.75, 3.05) is 19.0 Å². The molecule has 2 aromatic rings. The highest BCUT2D eigenvalue weighted by atomic mass is 16.5. The molecule has 1 aliphatic rings. The Morgan fingerprint density at radius 3 is 2.75 bits per heavy atom. The summed E-state index contributed by atoms with van der Waals surface area (Å²) in [6.07, 6.45) is 0.891. The molecule has 0 bridgehead atoms. The van der Waals surface area contributed by atoms with Crippen molar-refractivity contribution >= 4 is 11.7 Å². The highest BCUT2D eigenvalue weighted by Gasteiger charge is 2.30. The van der Waals surface area contributed by atoms with Crippen LogP contribution in [-0.4, -0.2) is 29.2 Å². The van der Waals surface area contributed by atoms with Crippen LogP contribution in [0.1, 0.15) is 36.3 Å². The summed E-state index contributed by atoms with van der Waals surface area (Å²) < 4.78 is 7.67. The fourth-order valence-electron chi connectivity index (χ4n) is 3.49. The minimum absolute atomic E-state index is 0.0733. The fourth-order valence-corrected chi connectivity index (χ4v) is 3.49. The molecule has 0 saturated heterocycles. The Morgan fingerprint density at radius 1 is 1.25 bits per heavy atom. The van der Waals surface area contributed by atoms with Crippen molar-refractivity contribution in [3.05, 3.63) is 47.3 Å². The van der Waals surface area contributed by atoms with Crippen molar-refractivity contribution < 1.29 is 9.53 Å². The first kappa shape index (κ1) is 16.4. The molecule has 0 aliphatic carbocycles. The summed E-state index contributed by atoms with van der Waals surface area (Å²) in [4.78, 5) is 14.8. The van der Waals surface area contributed by atoms with E-state index in [1.54, 1.807) is 7.11 Å². The lowest BCUT2D eigenvalue weighted by Crippen LogP contribution is -2.44. The molecule has 2 heterocycles. The Labute approximate surface area is 143 Å². The van der Waals surface area contributed by atoms with E-state index in [0.29, 0.717) is 12.3 Å². The highest BCUT2D eigenvalue weighted by Crippen LogP contribution is 2.32. The van der Waals surface area contributed by atoms with Crippen LogP contribution in [0.25, 0.3) is 0 Å². The number of carbonyl (C=O) groups is 1. The smallest absolute Gasteiger partial charge is 0.322 e. The molecule has 1 aromatic heterocycles. The second-order valence-corrected chi connectivity index (χ2v) is 6.30. The molecule has 5 heteroatoms. The van der Waals surface area contributed by atoms with Gasteiger partial charge in [0.25, 0.3) is 0 Å². The molecular weight excluding hydrogens is 302 g/mol. The number of hydrogen-bond acceptors (Lipinski definition) is 2. The van der Waals surface area contributed by atoms with E-state index < -0.39 is 0 Å². The van der Waals surface area contributed by atoms with E-state index >= 15 is 0 Å². The average Bonchev–Trinajstić information content (AvgIpc) is 2.95. The molecule has 5 nitrogen and oxygen atoms in total. The van der Waals surface area contributed by atoms with Crippen molar-refractivity contribution in [2.45, 2.75) is 39.8 Å². The first-order valence-electron chi connectivity index (χ1n) is 8.43. The van der Waals surface area contributed by atoms with Gasteiger partial charge in [-0.05, 0) is 50.1 Å². The van der Waals surface area contributed by atoms with E-state index in [1.807, 2.05) is 30.0 Å². The number of benzene rings is 1. The lowest BCUT2D eigenvalue weighted by atomic mass is 10.1. The van der Waals surface area contributed by atoms with Crippen LogP contribution in [0, 0.1) is 13.8 Å². The molecule has 1 N–H and O–H groups in total. The summed E-state index contributed by atoms with van der Waals surface area (Å²) in [6.45, 7) is 7.78. The summed E-state index contributed by atoms with van der Waals surface area (Å²) in [5.74, 6) is 0.679. The molecule has 24 heavy (non-hydrogen) atoms. The quantitative estimate of drug-likeness (QED) is 0.922. The highest BCUT2D eigenvalue weighted by molar-refractivity contribution is 5.91. The Kier molecular flexibility index (Phi) is 4.51. The number of nitrogens with one attached hydrogen (secondary N) is 1. The van der Waals surface area contributed by atoms with Crippen LogP contribution in [0.4, 0.5) is 10.5 Å². The summed E-state index contributed by atoms with van der Waals surface area (Å²) >= 11 is 0. The fraction of sp³-hybridized carbons (Fsp3) is 0.421. The van der Waals surface area contributed by atoms with E-state index in [4.69, 9.17) is 4.74 Å². The van der Waals surface area contributed by atoms with Crippen LogP contribution >= 0.6 is 0 Å². The maximum atomic E-state index is 12.9. The minimum atomic E-state index is -0.0733. The maximum absolute atomic E-state index is 12.9. The van der Waals surface area contributed by atoms with Crippen LogP contribution in [0.2, 0.25) is 0 Å². The molecule has 0 saturated carbocycles. The van der Waals surface area contributed by atoms with Crippen molar-refractivity contribution in [3.63, 3.8) is 0 Å². The van der Waals surface area contributed by atoms with E-state index in [-0.39, 0.29) is 12.1 Å². The Hall–Kier alpha value is -2.43. The summed E-state index contributed by atoms with van der Waals surface area (Å²) in [5, 5.41) is 3.03. The van der Waals surface area contributed by atoms with E-state index in [0.717, 1.165) is 24.2 Å². The summed E-state index contributed by atoms with van der Waals surface area (Å²) in [7, 11) is 1.62. The topological polar surface area (TPSA) is 46.5 Å². The molecule has 3 rings (SSSR count). The number of aromatic nitrogens is 1. The molecule has 2 amide bonds. The molecule has 128 valence electrons. The van der Waals surface area contributed by atoms with Gasteiger partial charge in [-0.3, -0.25) is 0 Å². The Morgan fingerprint density at radius 2 is 2.04 bits per heavy atom. The number of amides is 2. The molecule has 0 radical (unpaired) electrons. The molecule has 1 atom stereocenters. The minimum Gasteiger partial charge on any atom is -0.495 e. The second kappa shape index (κ2) is 6.59. The number of nitrogens with zero attached hydrogens (tertiary/aromatic N) is 2. The van der Waals surface area contributed by atoms with Crippen LogP contribution in [-0.2, 0) is 6.54 Å². The molecule has 0 spiro atoms. The van der Waals surface area contributed by atoms with Crippen LogP contribution in [0.3, 0.4) is 0 Å². The number of aryl methyl sites for hydroxylation is 2. The monoisotopic (exact) mass is 327 g/mol. The standard InChI is InChI=1S/C19H25N3O2/c1-5-16-17-8-7-14(3)21(17)10-11-22(16)19(23)20-15-12-13(2)6-9-18(15)24-4/h6-9,12,16H,5,10-11H2,1-4H3,(H,20,23)/t16-/m1/s1. The zero-order chi connectivity index (χ0) is 17.3. The molecule has 1 aromatic carbocycles. The van der Waals surface area contributed by atoms with Gasteiger partial charge in [-0.1, -0.05) is 13.0 Å². The number of hydrogen-bond donors (Lipinski definition) is 1.